The Labute approximate surface area is 233 Å². The molecule has 3 aromatic rings. The van der Waals surface area contributed by atoms with Crippen LogP contribution in [0.2, 0.25) is 0 Å². The molecule has 2 amide bonds. The molecule has 0 aliphatic heterocycles. The minimum absolute atomic E-state index is 0.0236. The van der Waals surface area contributed by atoms with Crippen molar-refractivity contribution < 1.29 is 53.8 Å². The van der Waals surface area contributed by atoms with Gasteiger partial charge in [-0.25, -0.2) is 9.78 Å². The average Bonchev–Trinajstić information content (AvgIpc) is 3.27. The van der Waals surface area contributed by atoms with Crippen molar-refractivity contribution in [2.24, 2.45) is 7.05 Å². The van der Waals surface area contributed by atoms with Crippen LogP contribution in [0.25, 0.3) is 22.2 Å². The normalized spacial score (nSPS) is 14.0. The minimum atomic E-state index is -5.36. The van der Waals surface area contributed by atoms with Crippen LogP contribution in [0.5, 0.6) is 11.5 Å². The number of amides is 2. The van der Waals surface area contributed by atoms with E-state index < -0.39 is 61.7 Å². The summed E-state index contributed by atoms with van der Waals surface area (Å²) in [6.07, 6.45) is -16.7. The van der Waals surface area contributed by atoms with E-state index in [4.69, 9.17) is 9.47 Å². The van der Waals surface area contributed by atoms with Gasteiger partial charge < -0.3 is 24.3 Å². The Hall–Kier alpha value is -3.92. The number of nitrogens with zero attached hydrogens (tertiary/aromatic N) is 4. The largest absolute Gasteiger partial charge is 0.494 e. The molecule has 0 spiro atoms. The highest BCUT2D eigenvalue weighted by Gasteiger charge is 2.49. The molecule has 0 unspecified atom stereocenters. The molecule has 0 fully saturated rings. The fraction of sp³-hybridized carbons (Fsp3) is 0.480. The number of halogens is 9. The van der Waals surface area contributed by atoms with Gasteiger partial charge in [0, 0.05) is 25.6 Å². The van der Waals surface area contributed by atoms with E-state index in [1.807, 2.05) is 0 Å². The number of aromatic nitrogens is 3. The lowest BCUT2D eigenvalue weighted by atomic mass is 10.0. The van der Waals surface area contributed by atoms with Crippen LogP contribution >= 0.6 is 0 Å². The van der Waals surface area contributed by atoms with Crippen molar-refractivity contribution in [1.29, 1.82) is 0 Å². The number of ether oxygens (including phenoxy) is 2. The molecule has 232 valence electrons. The van der Waals surface area contributed by atoms with Gasteiger partial charge in [-0.05, 0) is 37.1 Å². The number of rotatable bonds is 9. The first-order chi connectivity index (χ1) is 19.4. The standard InChI is InChI=1S/C25H26F9N5O3/c1-5-39(22(40)37-19(24(29,30)31)6-7-23(26,27)28)21(25(32,33)34)15-10-14(18(42-4)11-35-15)13-8-16-20(17(9-13)41-3)36-12-38(16)2/h8-12,19,21H,5-7H2,1-4H3,(H,37,40)/t19-,21-/m0/s1. The van der Waals surface area contributed by atoms with Crippen molar-refractivity contribution in [3.63, 3.8) is 0 Å². The number of hydrogen-bond acceptors (Lipinski definition) is 5. The van der Waals surface area contributed by atoms with E-state index in [0.717, 1.165) is 19.2 Å². The third-order valence-corrected chi connectivity index (χ3v) is 6.35. The van der Waals surface area contributed by atoms with Gasteiger partial charge in [-0.3, -0.25) is 4.98 Å². The fourth-order valence-electron chi connectivity index (χ4n) is 4.31. The van der Waals surface area contributed by atoms with Gasteiger partial charge in [0.25, 0.3) is 0 Å². The second-order valence-electron chi connectivity index (χ2n) is 9.14. The number of hydrogen-bond donors (Lipinski definition) is 1. The van der Waals surface area contributed by atoms with E-state index in [9.17, 15) is 44.3 Å². The van der Waals surface area contributed by atoms with Gasteiger partial charge in [-0.1, -0.05) is 0 Å². The smallest absolute Gasteiger partial charge is 0.414 e. The summed E-state index contributed by atoms with van der Waals surface area (Å²) in [5, 5.41) is 1.29. The number of carbonyl (C=O) groups is 1. The molecule has 0 radical (unpaired) electrons. The highest BCUT2D eigenvalue weighted by atomic mass is 19.4. The van der Waals surface area contributed by atoms with E-state index in [1.165, 1.54) is 31.9 Å². The van der Waals surface area contributed by atoms with Crippen LogP contribution in [0.1, 0.15) is 31.5 Å². The van der Waals surface area contributed by atoms with Gasteiger partial charge in [-0.15, -0.1) is 0 Å². The molecule has 0 aliphatic rings. The Morgan fingerprint density at radius 1 is 0.976 bits per heavy atom. The predicted octanol–water partition coefficient (Wildman–Crippen LogP) is 6.56. The molecular formula is C25H26F9N5O3. The number of carbonyl (C=O) groups excluding carboxylic acids is 1. The number of benzene rings is 1. The first-order valence-electron chi connectivity index (χ1n) is 12.2. The molecule has 17 heteroatoms. The van der Waals surface area contributed by atoms with Crippen LogP contribution < -0.4 is 14.8 Å². The second kappa shape index (κ2) is 12.1. The van der Waals surface area contributed by atoms with Crippen molar-refractivity contribution in [3.05, 3.63) is 36.4 Å². The lowest BCUT2D eigenvalue weighted by Gasteiger charge is -2.34. The first-order valence-corrected chi connectivity index (χ1v) is 12.2. The van der Waals surface area contributed by atoms with E-state index in [1.54, 1.807) is 17.7 Å². The van der Waals surface area contributed by atoms with E-state index in [-0.39, 0.29) is 22.0 Å². The Bertz CT molecular complexity index is 1400. The number of nitrogens with one attached hydrogen (secondary N) is 1. The van der Waals surface area contributed by atoms with Crippen molar-refractivity contribution in [2.75, 3.05) is 20.8 Å². The Morgan fingerprint density at radius 3 is 2.14 bits per heavy atom. The molecule has 0 aliphatic carbocycles. The van der Waals surface area contributed by atoms with Crippen LogP contribution in [-0.4, -0.2) is 70.8 Å². The van der Waals surface area contributed by atoms with Crippen LogP contribution in [0, 0.1) is 0 Å². The summed E-state index contributed by atoms with van der Waals surface area (Å²) in [5.74, 6) is 0.308. The van der Waals surface area contributed by atoms with E-state index in [0.29, 0.717) is 16.6 Å². The number of urea groups is 1. The summed E-state index contributed by atoms with van der Waals surface area (Å²) in [6.45, 7) is 0.306. The number of fused-ring (bicyclic) bond motifs is 1. The molecule has 0 saturated carbocycles. The van der Waals surface area contributed by atoms with Crippen LogP contribution in [0.15, 0.2) is 30.7 Å². The molecule has 2 aromatic heterocycles. The van der Waals surface area contributed by atoms with Gasteiger partial charge >= 0.3 is 24.6 Å². The Balaban J connectivity index is 2.09. The molecule has 1 aromatic carbocycles. The van der Waals surface area contributed by atoms with E-state index in [2.05, 4.69) is 9.97 Å². The van der Waals surface area contributed by atoms with Crippen molar-refractivity contribution in [3.8, 4) is 22.6 Å². The minimum Gasteiger partial charge on any atom is -0.494 e. The van der Waals surface area contributed by atoms with Gasteiger partial charge in [-0.2, -0.15) is 39.5 Å². The van der Waals surface area contributed by atoms with Crippen molar-refractivity contribution in [2.45, 2.75) is 50.4 Å². The molecule has 0 saturated heterocycles. The maximum atomic E-state index is 14.4. The summed E-state index contributed by atoms with van der Waals surface area (Å²) in [6, 6.07) is -3.75. The molecule has 2 heterocycles. The number of pyridine rings is 1. The molecule has 8 nitrogen and oxygen atoms in total. The second-order valence-corrected chi connectivity index (χ2v) is 9.14. The highest BCUT2D eigenvalue weighted by Crippen LogP contribution is 2.42. The molecule has 0 bridgehead atoms. The lowest BCUT2D eigenvalue weighted by Crippen LogP contribution is -2.53. The van der Waals surface area contributed by atoms with Crippen LogP contribution in [0.3, 0.4) is 0 Å². The summed E-state index contributed by atoms with van der Waals surface area (Å²) >= 11 is 0. The maximum absolute atomic E-state index is 14.4. The zero-order chi connectivity index (χ0) is 31.6. The SMILES string of the molecule is CCN(C(=O)N[C@@H](CCC(F)(F)F)C(F)(F)F)[C@@H](c1cc(-c2cc(OC)c3ncn(C)c3c2)c(OC)cn1)C(F)(F)F. The van der Waals surface area contributed by atoms with Gasteiger partial charge in [0.05, 0.1) is 38.0 Å². The molecule has 42 heavy (non-hydrogen) atoms. The number of imidazole rings is 1. The van der Waals surface area contributed by atoms with E-state index >= 15 is 0 Å². The number of methoxy groups -OCH3 is 2. The zero-order valence-electron chi connectivity index (χ0n) is 22.6. The third kappa shape index (κ3) is 7.28. The van der Waals surface area contributed by atoms with Crippen LogP contribution in [-0.2, 0) is 7.05 Å². The molecule has 2 atom stereocenters. The topological polar surface area (TPSA) is 81.5 Å². The molecular weight excluding hydrogens is 589 g/mol. The summed E-state index contributed by atoms with van der Waals surface area (Å²) in [5.41, 5.74) is 0.611. The predicted molar refractivity (Wildman–Crippen MR) is 132 cm³/mol. The monoisotopic (exact) mass is 615 g/mol. The number of alkyl halides is 9. The van der Waals surface area contributed by atoms with Gasteiger partial charge in [0.15, 0.2) is 6.04 Å². The molecule has 1 N–H and O–H groups in total. The summed E-state index contributed by atoms with van der Waals surface area (Å²) < 4.78 is 134. The Morgan fingerprint density at radius 2 is 1.62 bits per heavy atom. The molecule has 3 rings (SSSR count). The highest BCUT2D eigenvalue weighted by molar-refractivity contribution is 5.89. The fourth-order valence-corrected chi connectivity index (χ4v) is 4.31. The zero-order valence-corrected chi connectivity index (χ0v) is 22.6. The van der Waals surface area contributed by atoms with Gasteiger partial charge in [0.1, 0.15) is 23.1 Å². The maximum Gasteiger partial charge on any atom is 0.414 e. The Kier molecular flexibility index (Phi) is 9.41. The third-order valence-electron chi connectivity index (χ3n) is 6.35. The first kappa shape index (κ1) is 32.6. The van der Waals surface area contributed by atoms with Crippen molar-refractivity contribution >= 4 is 17.1 Å². The van der Waals surface area contributed by atoms with Crippen molar-refractivity contribution in [1.82, 2.24) is 24.8 Å². The quantitative estimate of drug-likeness (QED) is 0.276. The average molecular weight is 615 g/mol. The van der Waals surface area contributed by atoms with Crippen LogP contribution in [0.4, 0.5) is 44.3 Å². The number of aryl methyl sites for hydroxylation is 1. The summed E-state index contributed by atoms with van der Waals surface area (Å²) in [7, 11) is 4.28. The lowest BCUT2D eigenvalue weighted by molar-refractivity contribution is -0.182. The van der Waals surface area contributed by atoms with Gasteiger partial charge in [0.2, 0.25) is 0 Å². The summed E-state index contributed by atoms with van der Waals surface area (Å²) in [4.78, 5) is 20.8.